The number of amides is 1. The van der Waals surface area contributed by atoms with Crippen molar-refractivity contribution in [2.45, 2.75) is 58.1 Å². The van der Waals surface area contributed by atoms with Gasteiger partial charge in [-0.05, 0) is 59.0 Å². The molecule has 0 bridgehead atoms. The predicted octanol–water partition coefficient (Wildman–Crippen LogP) is 5.54. The van der Waals surface area contributed by atoms with Gasteiger partial charge in [-0.3, -0.25) is 4.79 Å². The highest BCUT2D eigenvalue weighted by atomic mass is 79.9. The second-order valence-corrected chi connectivity index (χ2v) is 9.76. The van der Waals surface area contributed by atoms with Gasteiger partial charge >= 0.3 is 0 Å². The van der Waals surface area contributed by atoms with Crippen LogP contribution in [0.15, 0.2) is 46.9 Å². The Morgan fingerprint density at radius 2 is 1.96 bits per heavy atom. The van der Waals surface area contributed by atoms with Crippen molar-refractivity contribution in [2.75, 3.05) is 6.61 Å². The summed E-state index contributed by atoms with van der Waals surface area (Å²) in [5.74, 6) is 1.34. The first-order valence-electron chi connectivity index (χ1n) is 9.55. The largest absolute Gasteiger partial charge is 0.487 e. The minimum Gasteiger partial charge on any atom is -0.487 e. The van der Waals surface area contributed by atoms with Crippen LogP contribution in [0.1, 0.15) is 58.2 Å². The molecule has 0 fully saturated rings. The Morgan fingerprint density at radius 3 is 2.64 bits per heavy atom. The molecule has 1 atom stereocenters. The molecule has 1 aliphatic rings. The minimum atomic E-state index is -0.334. The van der Waals surface area contributed by atoms with Gasteiger partial charge in [-0.25, -0.2) is 0 Å². The van der Waals surface area contributed by atoms with E-state index in [4.69, 9.17) is 9.47 Å². The maximum Gasteiger partial charge on any atom is 0.258 e. The van der Waals surface area contributed by atoms with Gasteiger partial charge in [-0.15, -0.1) is 0 Å². The van der Waals surface area contributed by atoms with Crippen LogP contribution in [0, 0.1) is 0 Å². The van der Waals surface area contributed by atoms with Gasteiger partial charge < -0.3 is 14.8 Å². The van der Waals surface area contributed by atoms with Crippen molar-refractivity contribution in [2.24, 2.45) is 0 Å². The Hall–Kier alpha value is -2.01. The molecule has 2 aromatic rings. The monoisotopic (exact) mass is 445 g/mol. The lowest BCUT2D eigenvalue weighted by Gasteiger charge is -2.37. The predicted molar refractivity (Wildman–Crippen MR) is 115 cm³/mol. The topological polar surface area (TPSA) is 47.6 Å². The Bertz CT molecular complexity index is 870. The fourth-order valence-electron chi connectivity index (χ4n) is 3.39. The second kappa shape index (κ2) is 7.78. The van der Waals surface area contributed by atoms with Gasteiger partial charge in [0.25, 0.3) is 5.91 Å². The highest BCUT2D eigenvalue weighted by molar-refractivity contribution is 9.10. The Balaban J connectivity index is 1.65. The molecule has 0 unspecified atom stereocenters. The van der Waals surface area contributed by atoms with Crippen molar-refractivity contribution >= 4 is 21.8 Å². The maximum atomic E-state index is 12.6. The van der Waals surface area contributed by atoms with Gasteiger partial charge in [0.2, 0.25) is 0 Å². The molecule has 5 heteroatoms. The molecule has 0 saturated carbocycles. The van der Waals surface area contributed by atoms with Crippen LogP contribution in [0.3, 0.4) is 0 Å². The Morgan fingerprint density at radius 1 is 1.25 bits per heavy atom. The zero-order valence-electron chi connectivity index (χ0n) is 17.1. The molecule has 1 N–H and O–H groups in total. The third-order valence-corrected chi connectivity index (χ3v) is 5.49. The summed E-state index contributed by atoms with van der Waals surface area (Å²) in [4.78, 5) is 12.6. The molecule has 0 aromatic heterocycles. The Kier molecular flexibility index (Phi) is 5.76. The van der Waals surface area contributed by atoms with Gasteiger partial charge in [0.1, 0.15) is 17.1 Å². The van der Waals surface area contributed by atoms with E-state index in [0.29, 0.717) is 12.2 Å². The van der Waals surface area contributed by atoms with Crippen molar-refractivity contribution in [1.82, 2.24) is 5.32 Å². The number of rotatable bonds is 4. The smallest absolute Gasteiger partial charge is 0.258 e. The van der Waals surface area contributed by atoms with Crippen molar-refractivity contribution < 1.29 is 14.3 Å². The third kappa shape index (κ3) is 4.88. The molecule has 0 saturated heterocycles. The molecular weight excluding hydrogens is 418 g/mol. The van der Waals surface area contributed by atoms with Crippen LogP contribution in [0.5, 0.6) is 11.5 Å². The van der Waals surface area contributed by atoms with Crippen molar-refractivity contribution in [3.63, 3.8) is 0 Å². The molecule has 0 radical (unpaired) electrons. The molecule has 4 nitrogen and oxygen atoms in total. The van der Waals surface area contributed by atoms with Crippen LogP contribution in [-0.2, 0) is 10.2 Å². The van der Waals surface area contributed by atoms with Gasteiger partial charge in [0.15, 0.2) is 6.61 Å². The maximum absolute atomic E-state index is 12.6. The van der Waals surface area contributed by atoms with Crippen LogP contribution >= 0.6 is 15.9 Å². The van der Waals surface area contributed by atoms with Crippen molar-refractivity contribution in [1.29, 1.82) is 0 Å². The SMILES string of the molecule is CC1(C)C[C@@H](NC(=O)COc2ccc(C(C)(C)C)cc2Br)c2ccccc2O1. The lowest BCUT2D eigenvalue weighted by molar-refractivity contribution is -0.124. The minimum absolute atomic E-state index is 0.0343. The lowest BCUT2D eigenvalue weighted by atomic mass is 9.87. The quantitative estimate of drug-likeness (QED) is 0.671. The summed E-state index contributed by atoms with van der Waals surface area (Å²) in [6, 6.07) is 13.7. The Labute approximate surface area is 175 Å². The average molecular weight is 446 g/mol. The van der Waals surface area contributed by atoms with E-state index in [1.54, 1.807) is 0 Å². The molecule has 150 valence electrons. The molecule has 28 heavy (non-hydrogen) atoms. The van der Waals surface area contributed by atoms with Crippen LogP contribution in [0.2, 0.25) is 0 Å². The molecule has 2 aromatic carbocycles. The first-order valence-corrected chi connectivity index (χ1v) is 10.3. The number of para-hydroxylation sites is 1. The highest BCUT2D eigenvalue weighted by Crippen LogP contribution is 2.39. The molecule has 1 aliphatic heterocycles. The summed E-state index contributed by atoms with van der Waals surface area (Å²) < 4.78 is 12.6. The van der Waals surface area contributed by atoms with E-state index in [9.17, 15) is 4.79 Å². The van der Waals surface area contributed by atoms with Crippen LogP contribution in [0.25, 0.3) is 0 Å². The molecule has 1 heterocycles. The number of ether oxygens (including phenoxy) is 2. The number of fused-ring (bicyclic) bond motifs is 1. The zero-order valence-corrected chi connectivity index (χ0v) is 18.7. The van der Waals surface area contributed by atoms with Crippen molar-refractivity contribution in [3.8, 4) is 11.5 Å². The number of benzene rings is 2. The lowest BCUT2D eigenvalue weighted by Crippen LogP contribution is -2.42. The number of hydrogen-bond donors (Lipinski definition) is 1. The molecule has 1 amide bonds. The third-order valence-electron chi connectivity index (χ3n) is 4.87. The van der Waals surface area contributed by atoms with E-state index in [0.717, 1.165) is 15.8 Å². The molecular formula is C23H28BrNO3. The number of halogens is 1. The van der Waals surface area contributed by atoms with E-state index >= 15 is 0 Å². The summed E-state index contributed by atoms with van der Waals surface area (Å²) in [5, 5.41) is 3.10. The van der Waals surface area contributed by atoms with E-state index in [1.807, 2.05) is 56.3 Å². The second-order valence-electron chi connectivity index (χ2n) is 8.91. The van der Waals surface area contributed by atoms with Gasteiger partial charge in [0, 0.05) is 12.0 Å². The van der Waals surface area contributed by atoms with Crippen LogP contribution in [-0.4, -0.2) is 18.1 Å². The summed E-state index contributed by atoms with van der Waals surface area (Å²) in [5.41, 5.74) is 1.93. The summed E-state index contributed by atoms with van der Waals surface area (Å²) in [6.07, 6.45) is 0.708. The summed E-state index contributed by atoms with van der Waals surface area (Å²) >= 11 is 3.55. The summed E-state index contributed by atoms with van der Waals surface area (Å²) in [6.45, 7) is 10.5. The number of nitrogens with one attached hydrogen (secondary N) is 1. The van der Waals surface area contributed by atoms with Gasteiger partial charge in [-0.2, -0.15) is 0 Å². The molecule has 0 spiro atoms. The van der Waals surface area contributed by atoms with Crippen molar-refractivity contribution in [3.05, 3.63) is 58.1 Å². The van der Waals surface area contributed by atoms with Crippen LogP contribution < -0.4 is 14.8 Å². The number of hydrogen-bond acceptors (Lipinski definition) is 3. The standard InChI is InChI=1S/C23H28BrNO3/c1-22(2,3)15-10-11-20(17(24)12-15)27-14-21(26)25-18-13-23(4,5)28-19-9-7-6-8-16(18)19/h6-12,18H,13-14H2,1-5H3,(H,25,26)/t18-/m1/s1. The van der Waals surface area contributed by atoms with E-state index in [1.165, 1.54) is 5.56 Å². The van der Waals surface area contributed by atoms with E-state index in [-0.39, 0.29) is 29.6 Å². The molecule has 0 aliphatic carbocycles. The number of carbonyl (C=O) groups is 1. The fraction of sp³-hybridized carbons (Fsp3) is 0.435. The van der Waals surface area contributed by atoms with Gasteiger partial charge in [-0.1, -0.05) is 45.0 Å². The van der Waals surface area contributed by atoms with Gasteiger partial charge in [0.05, 0.1) is 10.5 Å². The first kappa shape index (κ1) is 20.7. The van der Waals surface area contributed by atoms with E-state index < -0.39 is 0 Å². The fourth-order valence-corrected chi connectivity index (χ4v) is 3.89. The first-order chi connectivity index (χ1) is 13.0. The summed E-state index contributed by atoms with van der Waals surface area (Å²) in [7, 11) is 0. The molecule has 3 rings (SSSR count). The number of carbonyl (C=O) groups excluding carboxylic acids is 1. The highest BCUT2D eigenvalue weighted by Gasteiger charge is 2.34. The average Bonchev–Trinajstić information content (AvgIpc) is 2.59. The normalized spacial score (nSPS) is 18.0. The van der Waals surface area contributed by atoms with E-state index in [2.05, 4.69) is 42.0 Å². The van der Waals surface area contributed by atoms with Crippen LogP contribution in [0.4, 0.5) is 0 Å². The zero-order chi connectivity index (χ0) is 20.5.